The van der Waals surface area contributed by atoms with Crippen molar-refractivity contribution in [1.29, 1.82) is 0 Å². The van der Waals surface area contributed by atoms with Gasteiger partial charge in [0, 0.05) is 42.5 Å². The van der Waals surface area contributed by atoms with E-state index in [4.69, 9.17) is 20.7 Å². The number of amidine groups is 2. The average molecular weight is 642 g/mol. The smallest absolute Gasteiger partial charge is 0.269 e. The molecule has 4 heterocycles. The zero-order valence-electron chi connectivity index (χ0n) is 25.8. The van der Waals surface area contributed by atoms with E-state index in [2.05, 4.69) is 4.98 Å². The summed E-state index contributed by atoms with van der Waals surface area (Å²) < 4.78 is 44.7. The zero-order valence-corrected chi connectivity index (χ0v) is 26.6. The van der Waals surface area contributed by atoms with Crippen molar-refractivity contribution in [2.75, 3.05) is 13.1 Å². The molecule has 4 aromatic rings. The van der Waals surface area contributed by atoms with Crippen LogP contribution in [0.5, 0.6) is 0 Å². The summed E-state index contributed by atoms with van der Waals surface area (Å²) in [6.07, 6.45) is 8.32. The number of para-hydroxylation sites is 1. The Kier molecular flexibility index (Phi) is 8.92. The fourth-order valence-electron chi connectivity index (χ4n) is 5.99. The van der Waals surface area contributed by atoms with Crippen LogP contribution in [0.3, 0.4) is 0 Å². The van der Waals surface area contributed by atoms with Gasteiger partial charge >= 0.3 is 0 Å². The molecular weight excluding hydrogens is 605 g/mol. The van der Waals surface area contributed by atoms with Crippen molar-refractivity contribution in [2.45, 2.75) is 56.9 Å². The third-order valence-corrected chi connectivity index (χ3v) is 10.4. The van der Waals surface area contributed by atoms with Crippen molar-refractivity contribution in [1.82, 2.24) is 18.8 Å². The molecule has 0 aliphatic carbocycles. The minimum Gasteiger partial charge on any atom is -0.387 e. The SMILES string of the molecule is CCC1CC=C(c2cncc(S(=O)(=O)N3CCCC3)c2)C(=NC(CC)c2nc3cccc(F)c3c(=O)n2-c2ccccc2)N=C1N. The summed E-state index contributed by atoms with van der Waals surface area (Å²) in [6.45, 7) is 4.90. The number of halogens is 1. The minimum atomic E-state index is -3.72. The van der Waals surface area contributed by atoms with E-state index in [0.717, 1.165) is 19.3 Å². The maximum Gasteiger partial charge on any atom is 0.269 e. The van der Waals surface area contributed by atoms with Crippen molar-refractivity contribution in [3.63, 3.8) is 0 Å². The first-order chi connectivity index (χ1) is 22.2. The summed E-state index contributed by atoms with van der Waals surface area (Å²) in [4.78, 5) is 33.0. The molecule has 46 heavy (non-hydrogen) atoms. The van der Waals surface area contributed by atoms with Crippen LogP contribution in [0.25, 0.3) is 22.2 Å². The molecule has 2 aromatic heterocycles. The maximum absolute atomic E-state index is 15.0. The number of benzene rings is 2. The van der Waals surface area contributed by atoms with Gasteiger partial charge in [-0.2, -0.15) is 4.31 Å². The topological polar surface area (TPSA) is 136 Å². The molecule has 2 aromatic carbocycles. The summed E-state index contributed by atoms with van der Waals surface area (Å²) in [5.41, 5.74) is 7.82. The van der Waals surface area contributed by atoms with Gasteiger partial charge in [0.05, 0.1) is 11.2 Å². The number of rotatable bonds is 8. The van der Waals surface area contributed by atoms with Crippen LogP contribution in [-0.2, 0) is 10.0 Å². The highest BCUT2D eigenvalue weighted by Crippen LogP contribution is 2.31. The molecule has 0 spiro atoms. The van der Waals surface area contributed by atoms with Gasteiger partial charge in [-0.25, -0.2) is 22.8 Å². The summed E-state index contributed by atoms with van der Waals surface area (Å²) in [7, 11) is -3.72. The quantitative estimate of drug-likeness (QED) is 0.273. The van der Waals surface area contributed by atoms with Gasteiger partial charge in [-0.3, -0.25) is 19.3 Å². The summed E-state index contributed by atoms with van der Waals surface area (Å²) >= 11 is 0. The minimum absolute atomic E-state index is 0.0449. The number of sulfonamides is 1. The Labute approximate surface area is 267 Å². The van der Waals surface area contributed by atoms with Crippen LogP contribution in [0.4, 0.5) is 4.39 Å². The van der Waals surface area contributed by atoms with E-state index in [1.54, 1.807) is 42.6 Å². The Balaban J connectivity index is 1.54. The van der Waals surface area contributed by atoms with Gasteiger partial charge in [-0.05, 0) is 62.4 Å². The van der Waals surface area contributed by atoms with Crippen LogP contribution in [0, 0.1) is 11.7 Å². The van der Waals surface area contributed by atoms with E-state index in [9.17, 15) is 17.6 Å². The second-order valence-corrected chi connectivity index (χ2v) is 13.4. The number of nitrogens with zero attached hydrogens (tertiary/aromatic N) is 6. The van der Waals surface area contributed by atoms with Crippen LogP contribution in [0.1, 0.15) is 63.4 Å². The van der Waals surface area contributed by atoms with Gasteiger partial charge in [-0.15, -0.1) is 0 Å². The fraction of sp³-hybridized carbons (Fsp3) is 0.324. The monoisotopic (exact) mass is 641 g/mol. The molecule has 2 atom stereocenters. The van der Waals surface area contributed by atoms with Gasteiger partial charge in [0.25, 0.3) is 5.56 Å². The van der Waals surface area contributed by atoms with E-state index >= 15 is 0 Å². The molecule has 0 amide bonds. The Bertz CT molecular complexity index is 2040. The number of aromatic nitrogens is 3. The van der Waals surface area contributed by atoms with Gasteiger partial charge in [0.1, 0.15) is 33.8 Å². The molecule has 2 aliphatic heterocycles. The molecule has 0 radical (unpaired) electrons. The zero-order chi connectivity index (χ0) is 32.4. The summed E-state index contributed by atoms with van der Waals surface area (Å²) in [6, 6.07) is 14.2. The van der Waals surface area contributed by atoms with Crippen molar-refractivity contribution in [3.05, 3.63) is 101 Å². The van der Waals surface area contributed by atoms with E-state index in [1.165, 1.54) is 27.2 Å². The molecule has 0 bridgehead atoms. The van der Waals surface area contributed by atoms with Gasteiger partial charge in [-0.1, -0.05) is 44.2 Å². The molecule has 10 nitrogen and oxygen atoms in total. The van der Waals surface area contributed by atoms with Gasteiger partial charge in [0.2, 0.25) is 10.0 Å². The van der Waals surface area contributed by atoms with Gasteiger partial charge < -0.3 is 5.73 Å². The van der Waals surface area contributed by atoms with Crippen molar-refractivity contribution >= 4 is 38.2 Å². The lowest BCUT2D eigenvalue weighted by atomic mass is 9.99. The van der Waals surface area contributed by atoms with Crippen molar-refractivity contribution in [2.24, 2.45) is 21.6 Å². The highest BCUT2D eigenvalue weighted by atomic mass is 32.2. The molecule has 6 rings (SSSR count). The lowest BCUT2D eigenvalue weighted by Gasteiger charge is -2.19. The predicted octanol–water partition coefficient (Wildman–Crippen LogP) is 5.42. The first kappa shape index (κ1) is 31.4. The van der Waals surface area contributed by atoms with E-state index in [1.807, 2.05) is 26.0 Å². The van der Waals surface area contributed by atoms with E-state index < -0.39 is 27.4 Å². The third-order valence-electron chi connectivity index (χ3n) is 8.57. The standard InChI is InChI=1S/C34H36FN7O3S/c1-3-22-15-16-26(23-19-25(21-37-20-23)46(44,45)41-17-8-9-18-41)32(40-31(22)36)38-28(4-2)33-39-29-14-10-13-27(35)30(29)34(43)42(33)24-11-6-5-7-12-24/h5-7,10-14,16,19-22,28H,3-4,8-9,15,17-18H2,1-2H3,(H2,36,38,40). The molecule has 238 valence electrons. The van der Waals surface area contributed by atoms with Gasteiger partial charge in [0.15, 0.2) is 5.84 Å². The summed E-state index contributed by atoms with van der Waals surface area (Å²) in [5.74, 6) is 0.309. The molecule has 12 heteroatoms. The Morgan fingerprint density at radius 2 is 1.83 bits per heavy atom. The van der Waals surface area contributed by atoms with Crippen LogP contribution >= 0.6 is 0 Å². The van der Waals surface area contributed by atoms with Crippen LogP contribution in [0.2, 0.25) is 0 Å². The van der Waals surface area contributed by atoms with Crippen molar-refractivity contribution in [3.8, 4) is 5.69 Å². The average Bonchev–Trinajstić information content (AvgIpc) is 3.57. The van der Waals surface area contributed by atoms with Crippen LogP contribution in [-0.4, -0.2) is 52.0 Å². The fourth-order valence-corrected chi connectivity index (χ4v) is 7.50. The molecule has 1 fully saturated rings. The molecule has 1 saturated heterocycles. The largest absolute Gasteiger partial charge is 0.387 e. The van der Waals surface area contributed by atoms with E-state index in [-0.39, 0.29) is 27.6 Å². The maximum atomic E-state index is 15.0. The first-order valence-electron chi connectivity index (χ1n) is 15.6. The molecule has 2 N–H and O–H groups in total. The number of hydrogen-bond donors (Lipinski definition) is 1. The number of pyridine rings is 1. The number of allylic oxidation sites excluding steroid dienone is 1. The molecular formula is C34H36FN7O3S. The highest BCUT2D eigenvalue weighted by Gasteiger charge is 2.29. The molecule has 0 saturated carbocycles. The van der Waals surface area contributed by atoms with Crippen LogP contribution < -0.4 is 11.3 Å². The predicted molar refractivity (Wildman–Crippen MR) is 178 cm³/mol. The number of nitrogens with two attached hydrogens (primary N) is 1. The lowest BCUT2D eigenvalue weighted by molar-refractivity contribution is 0.477. The van der Waals surface area contributed by atoms with Crippen LogP contribution in [0.15, 0.2) is 92.7 Å². The van der Waals surface area contributed by atoms with E-state index in [0.29, 0.717) is 54.4 Å². The Hall–Kier alpha value is -4.55. The lowest BCUT2D eigenvalue weighted by Crippen LogP contribution is -2.28. The second kappa shape index (κ2) is 13.1. The summed E-state index contributed by atoms with van der Waals surface area (Å²) in [5, 5.41) is -0.109. The highest BCUT2D eigenvalue weighted by molar-refractivity contribution is 7.89. The number of fused-ring (bicyclic) bond motifs is 1. The third kappa shape index (κ3) is 5.90. The second-order valence-electron chi connectivity index (χ2n) is 11.5. The molecule has 2 unspecified atom stereocenters. The Morgan fingerprint density at radius 1 is 1.07 bits per heavy atom. The number of aliphatic imine (C=N–C) groups is 2. The normalized spacial score (nSPS) is 19.2. The molecule has 2 aliphatic rings. The Morgan fingerprint density at radius 3 is 2.54 bits per heavy atom. The number of hydrogen-bond acceptors (Lipinski definition) is 7. The van der Waals surface area contributed by atoms with Crippen molar-refractivity contribution < 1.29 is 12.8 Å². The first-order valence-corrected chi connectivity index (χ1v) is 17.0.